The van der Waals surface area contributed by atoms with E-state index in [1.807, 2.05) is 0 Å². The van der Waals surface area contributed by atoms with Crippen LogP contribution in [0.1, 0.15) is 259 Å². The maximum absolute atomic E-state index is 12.4. The fourth-order valence-electron chi connectivity index (χ4n) is 13.2. The number of ether oxygens (including phenoxy) is 1. The minimum atomic E-state index is -0.0350. The van der Waals surface area contributed by atoms with E-state index >= 15 is 0 Å². The molecule has 0 heterocycles. The molecular weight excluding hydrogens is 645 g/mol. The highest BCUT2D eigenvalue weighted by Gasteiger charge is 2.60. The van der Waals surface area contributed by atoms with Crippen molar-refractivity contribution in [3.63, 3.8) is 0 Å². The monoisotopic (exact) mass is 737 g/mol. The number of unbranched alkanes of at least 4 members (excludes halogenated alkanes) is 20. The Kier molecular flexibility index (Phi) is 21.0. The van der Waals surface area contributed by atoms with Crippen molar-refractivity contribution in [3.05, 3.63) is 11.8 Å². The molecule has 53 heavy (non-hydrogen) atoms. The molecule has 4 aliphatic carbocycles. The third kappa shape index (κ3) is 14.3. The van der Waals surface area contributed by atoms with Crippen molar-refractivity contribution in [2.24, 2.45) is 46.3 Å². The summed E-state index contributed by atoms with van der Waals surface area (Å²) in [6.45, 7) is 12.5. The minimum absolute atomic E-state index is 0.0350. The van der Waals surface area contributed by atoms with Crippen LogP contribution in [-0.4, -0.2) is 5.97 Å². The summed E-state index contributed by atoms with van der Waals surface area (Å²) in [4.78, 5) is 12.4. The van der Waals surface area contributed by atoms with Crippen LogP contribution < -0.4 is 0 Å². The first-order chi connectivity index (χ1) is 25.8. The molecule has 0 bridgehead atoms. The summed E-state index contributed by atoms with van der Waals surface area (Å²) < 4.78 is 5.59. The van der Waals surface area contributed by atoms with Gasteiger partial charge in [-0.2, -0.15) is 0 Å². The lowest BCUT2D eigenvalue weighted by Crippen LogP contribution is -2.53. The number of fused-ring (bicyclic) bond motifs is 5. The lowest BCUT2D eigenvalue weighted by molar-refractivity contribution is -0.138. The number of carbonyl (C=O) groups is 1. The Morgan fingerprint density at radius 1 is 0.604 bits per heavy atom. The van der Waals surface area contributed by atoms with Gasteiger partial charge in [0.15, 0.2) is 0 Å². The highest BCUT2D eigenvalue weighted by atomic mass is 16.5. The Balaban J connectivity index is 0.942. The molecule has 0 amide bonds. The van der Waals surface area contributed by atoms with Crippen molar-refractivity contribution in [3.8, 4) is 0 Å². The first-order valence-electron chi connectivity index (χ1n) is 24.6. The van der Waals surface area contributed by atoms with E-state index in [0.29, 0.717) is 17.3 Å². The molecule has 0 aliphatic heterocycles. The van der Waals surface area contributed by atoms with Gasteiger partial charge in [0.1, 0.15) is 0 Å². The molecule has 0 radical (unpaired) electrons. The first kappa shape index (κ1) is 44.9. The van der Waals surface area contributed by atoms with E-state index in [1.54, 1.807) is 6.26 Å². The second-order valence-electron chi connectivity index (χ2n) is 20.3. The largest absolute Gasteiger partial charge is 0.435 e. The fourth-order valence-corrected chi connectivity index (χ4v) is 13.2. The number of allylic oxidation sites excluding steroid dienone is 1. The molecule has 0 spiro atoms. The molecule has 8 atom stereocenters. The van der Waals surface area contributed by atoms with Crippen LogP contribution in [0.3, 0.4) is 0 Å². The highest BCUT2D eigenvalue weighted by Crippen LogP contribution is 2.68. The third-order valence-corrected chi connectivity index (χ3v) is 16.5. The van der Waals surface area contributed by atoms with Gasteiger partial charge in [-0.25, -0.2) is 0 Å². The summed E-state index contributed by atoms with van der Waals surface area (Å²) in [6.07, 6.45) is 50.2. The van der Waals surface area contributed by atoms with Gasteiger partial charge >= 0.3 is 5.97 Å². The Bertz CT molecular complexity index is 1010. The van der Waals surface area contributed by atoms with E-state index in [2.05, 4.69) is 34.6 Å². The second-order valence-corrected chi connectivity index (χ2v) is 20.3. The molecule has 2 heteroatoms. The summed E-state index contributed by atoms with van der Waals surface area (Å²) in [7, 11) is 0. The maximum atomic E-state index is 12.4. The van der Waals surface area contributed by atoms with Crippen LogP contribution in [0.4, 0.5) is 0 Å². The van der Waals surface area contributed by atoms with Crippen LogP contribution in [-0.2, 0) is 9.53 Å². The standard InChI is InChI=1S/C51H92O2/c1-6-7-8-9-10-11-12-13-14-15-16-17-18-19-20-21-22-23-24-25-26-33-49(52)53-41-42(2)30-29-31-43(3)46-36-37-47-45-35-34-44-32-27-28-39-50(44,4)48(45)38-40-51(46,47)5/h41,43-48H,6-40H2,1-5H3/t43-,44?,45+,46-,47+,48+,50+,51-/m1/s1. The summed E-state index contributed by atoms with van der Waals surface area (Å²) in [6, 6.07) is 0. The van der Waals surface area contributed by atoms with Gasteiger partial charge in [0.25, 0.3) is 0 Å². The van der Waals surface area contributed by atoms with Gasteiger partial charge in [0, 0.05) is 6.42 Å². The van der Waals surface area contributed by atoms with Crippen molar-refractivity contribution in [1.29, 1.82) is 0 Å². The number of hydrogen-bond acceptors (Lipinski definition) is 2. The van der Waals surface area contributed by atoms with Gasteiger partial charge in [-0.1, -0.05) is 175 Å². The van der Waals surface area contributed by atoms with Gasteiger partial charge < -0.3 is 4.74 Å². The lowest BCUT2D eigenvalue weighted by atomic mass is 9.44. The Morgan fingerprint density at radius 3 is 1.74 bits per heavy atom. The summed E-state index contributed by atoms with van der Waals surface area (Å²) in [5.74, 6) is 5.72. The molecule has 4 rings (SSSR count). The van der Waals surface area contributed by atoms with Crippen LogP contribution in [0.5, 0.6) is 0 Å². The predicted molar refractivity (Wildman–Crippen MR) is 230 cm³/mol. The first-order valence-corrected chi connectivity index (χ1v) is 24.6. The maximum Gasteiger partial charge on any atom is 0.310 e. The molecule has 0 saturated heterocycles. The number of carbonyl (C=O) groups excluding carboxylic acids is 1. The average Bonchev–Trinajstić information content (AvgIpc) is 3.51. The Labute approximate surface area is 332 Å². The molecule has 0 aromatic heterocycles. The van der Waals surface area contributed by atoms with E-state index in [9.17, 15) is 4.79 Å². The smallest absolute Gasteiger partial charge is 0.310 e. The quantitative estimate of drug-likeness (QED) is 0.0454. The van der Waals surface area contributed by atoms with Gasteiger partial charge in [0.05, 0.1) is 6.26 Å². The Morgan fingerprint density at radius 2 is 1.15 bits per heavy atom. The van der Waals surface area contributed by atoms with E-state index in [-0.39, 0.29) is 5.97 Å². The predicted octanol–water partition coefficient (Wildman–Crippen LogP) is 16.9. The molecule has 1 unspecified atom stereocenters. The molecule has 2 nitrogen and oxygen atoms in total. The zero-order valence-electron chi connectivity index (χ0n) is 36.6. The summed E-state index contributed by atoms with van der Waals surface area (Å²) in [5.41, 5.74) is 2.47. The SMILES string of the molecule is CCCCCCCCCCCCCCCCCCCCCCCC(=O)OC=C(C)CCC[C@@H](C)[C@H]1CC[C@H]2[C@@H]3CCC4CCCC[C@]4(C)[C@H]3CC[C@]12C. The van der Waals surface area contributed by atoms with Gasteiger partial charge in [-0.3, -0.25) is 4.79 Å². The molecular formula is C51H92O2. The van der Waals surface area contributed by atoms with Crippen molar-refractivity contribution in [1.82, 2.24) is 0 Å². The van der Waals surface area contributed by atoms with Gasteiger partial charge in [0.2, 0.25) is 0 Å². The molecule has 0 N–H and O–H groups in total. The molecule has 0 aromatic carbocycles. The highest BCUT2D eigenvalue weighted by molar-refractivity contribution is 5.69. The van der Waals surface area contributed by atoms with Crippen LogP contribution in [0.2, 0.25) is 0 Å². The fraction of sp³-hybridized carbons (Fsp3) is 0.941. The van der Waals surface area contributed by atoms with E-state index < -0.39 is 0 Å². The molecule has 308 valence electrons. The van der Waals surface area contributed by atoms with Crippen molar-refractivity contribution < 1.29 is 9.53 Å². The zero-order chi connectivity index (χ0) is 37.8. The van der Waals surface area contributed by atoms with E-state index in [0.717, 1.165) is 54.8 Å². The Hall–Kier alpha value is -0.790. The molecule has 4 fully saturated rings. The van der Waals surface area contributed by atoms with Gasteiger partial charge in [-0.05, 0) is 129 Å². The molecule has 4 aliphatic rings. The lowest BCUT2D eigenvalue weighted by Gasteiger charge is -2.61. The van der Waals surface area contributed by atoms with Crippen LogP contribution in [0, 0.1) is 46.3 Å². The van der Waals surface area contributed by atoms with Gasteiger partial charge in [-0.15, -0.1) is 0 Å². The van der Waals surface area contributed by atoms with Crippen LogP contribution in [0.15, 0.2) is 11.8 Å². The van der Waals surface area contributed by atoms with Crippen molar-refractivity contribution in [2.75, 3.05) is 0 Å². The van der Waals surface area contributed by atoms with Crippen LogP contribution in [0.25, 0.3) is 0 Å². The van der Waals surface area contributed by atoms with Crippen LogP contribution >= 0.6 is 0 Å². The minimum Gasteiger partial charge on any atom is -0.435 e. The number of rotatable bonds is 28. The third-order valence-electron chi connectivity index (χ3n) is 16.5. The molecule has 4 saturated carbocycles. The number of esters is 1. The van der Waals surface area contributed by atoms with Crippen molar-refractivity contribution >= 4 is 5.97 Å². The van der Waals surface area contributed by atoms with Crippen molar-refractivity contribution in [2.45, 2.75) is 259 Å². The van der Waals surface area contributed by atoms with E-state index in [1.165, 1.54) is 205 Å². The molecule has 0 aromatic rings. The summed E-state index contributed by atoms with van der Waals surface area (Å²) in [5, 5.41) is 0. The van der Waals surface area contributed by atoms with E-state index in [4.69, 9.17) is 4.74 Å². The normalized spacial score (nSPS) is 30.4. The average molecular weight is 737 g/mol. The second kappa shape index (κ2) is 24.8. The topological polar surface area (TPSA) is 26.3 Å². The summed E-state index contributed by atoms with van der Waals surface area (Å²) >= 11 is 0. The zero-order valence-corrected chi connectivity index (χ0v) is 36.6. The number of hydrogen-bond donors (Lipinski definition) is 0.